The molecule has 0 amide bonds. The van der Waals surface area contributed by atoms with E-state index in [0.717, 1.165) is 32.4 Å². The van der Waals surface area contributed by atoms with Crippen LogP contribution in [0.3, 0.4) is 0 Å². The second kappa shape index (κ2) is 8.57. The summed E-state index contributed by atoms with van der Waals surface area (Å²) < 4.78 is 12.3. The molecular weight excluding hydrogens is 456 g/mol. The zero-order valence-electron chi connectivity index (χ0n) is 16.3. The summed E-state index contributed by atoms with van der Waals surface area (Å²) in [6, 6.07) is 25.6. The number of benzene rings is 3. The molecule has 0 saturated carbocycles. The molecule has 0 radical (unpaired) electrons. The quantitative estimate of drug-likeness (QED) is 0.309. The van der Waals surface area contributed by atoms with Gasteiger partial charge in [0.2, 0.25) is 0 Å². The van der Waals surface area contributed by atoms with Gasteiger partial charge in [-0.2, -0.15) is 4.98 Å². The second-order valence-electron chi connectivity index (χ2n) is 6.86. The molecule has 2 aromatic heterocycles. The van der Waals surface area contributed by atoms with Crippen LogP contribution in [-0.4, -0.2) is 15.1 Å². The van der Waals surface area contributed by atoms with Crippen molar-refractivity contribution in [3.63, 3.8) is 0 Å². The van der Waals surface area contributed by atoms with Gasteiger partial charge in [-0.25, -0.2) is 4.98 Å². The molecule has 1 N–H and O–H groups in total. The van der Waals surface area contributed by atoms with Crippen molar-refractivity contribution in [3.8, 4) is 17.0 Å². The number of nitrogens with one attached hydrogen (secondary N) is 1. The van der Waals surface area contributed by atoms with Gasteiger partial charge in [-0.15, -0.1) is 0 Å². The molecule has 3 aromatic carbocycles. The normalized spacial score (nSPS) is 10.9. The van der Waals surface area contributed by atoms with Crippen molar-refractivity contribution >= 4 is 38.5 Å². The Hall–Kier alpha value is -3.71. The Labute approximate surface area is 187 Å². The molecule has 0 unspecified atom stereocenters. The minimum Gasteiger partial charge on any atom is -0.489 e. The SMILES string of the molecule is Brc1ccc(COc2ccc(Nc3ncnc4onc(-c5ccccc5)c34)cc2)cc1. The van der Waals surface area contributed by atoms with E-state index in [2.05, 4.69) is 36.4 Å². The summed E-state index contributed by atoms with van der Waals surface area (Å²) in [5, 5.41) is 8.28. The Morgan fingerprint density at radius 1 is 0.871 bits per heavy atom. The van der Waals surface area contributed by atoms with Crippen molar-refractivity contribution < 1.29 is 9.26 Å². The third kappa shape index (κ3) is 4.27. The van der Waals surface area contributed by atoms with Gasteiger partial charge in [-0.1, -0.05) is 63.6 Å². The molecule has 2 heterocycles. The van der Waals surface area contributed by atoms with E-state index in [1.165, 1.54) is 6.33 Å². The highest BCUT2D eigenvalue weighted by Crippen LogP contribution is 2.32. The molecule has 0 spiro atoms. The van der Waals surface area contributed by atoms with Crippen molar-refractivity contribution in [1.82, 2.24) is 15.1 Å². The average Bonchev–Trinajstić information content (AvgIpc) is 3.26. The smallest absolute Gasteiger partial charge is 0.263 e. The molecule has 0 saturated heterocycles. The van der Waals surface area contributed by atoms with Crippen molar-refractivity contribution in [3.05, 3.63) is 95.2 Å². The number of anilines is 2. The average molecular weight is 473 g/mol. The lowest BCUT2D eigenvalue weighted by Crippen LogP contribution is -1.97. The highest BCUT2D eigenvalue weighted by molar-refractivity contribution is 9.10. The number of nitrogens with zero attached hydrogens (tertiary/aromatic N) is 3. The van der Waals surface area contributed by atoms with E-state index in [9.17, 15) is 0 Å². The van der Waals surface area contributed by atoms with Crippen LogP contribution < -0.4 is 10.1 Å². The van der Waals surface area contributed by atoms with Gasteiger partial charge >= 0.3 is 0 Å². The Morgan fingerprint density at radius 2 is 1.65 bits per heavy atom. The number of ether oxygens (including phenoxy) is 1. The molecule has 0 aliphatic carbocycles. The minimum atomic E-state index is 0.436. The number of hydrogen-bond acceptors (Lipinski definition) is 6. The highest BCUT2D eigenvalue weighted by Gasteiger charge is 2.16. The molecule has 6 nitrogen and oxygen atoms in total. The molecule has 0 fully saturated rings. The van der Waals surface area contributed by atoms with E-state index < -0.39 is 0 Å². The summed E-state index contributed by atoms with van der Waals surface area (Å²) in [7, 11) is 0. The van der Waals surface area contributed by atoms with E-state index in [4.69, 9.17) is 9.26 Å². The number of fused-ring (bicyclic) bond motifs is 1. The van der Waals surface area contributed by atoms with Crippen LogP contribution in [-0.2, 0) is 6.61 Å². The van der Waals surface area contributed by atoms with Crippen molar-refractivity contribution in [2.75, 3.05) is 5.32 Å². The molecule has 152 valence electrons. The van der Waals surface area contributed by atoms with Crippen molar-refractivity contribution in [1.29, 1.82) is 0 Å². The maximum atomic E-state index is 5.88. The second-order valence-corrected chi connectivity index (χ2v) is 7.78. The van der Waals surface area contributed by atoms with Gasteiger partial charge in [0, 0.05) is 15.7 Å². The first-order chi connectivity index (χ1) is 15.3. The van der Waals surface area contributed by atoms with Gasteiger partial charge in [0.15, 0.2) is 0 Å². The maximum Gasteiger partial charge on any atom is 0.263 e. The van der Waals surface area contributed by atoms with Crippen molar-refractivity contribution in [2.24, 2.45) is 0 Å². The third-order valence-corrected chi connectivity index (χ3v) is 5.28. The first-order valence-electron chi connectivity index (χ1n) is 9.66. The maximum absolute atomic E-state index is 5.88. The van der Waals surface area contributed by atoms with E-state index in [1.807, 2.05) is 78.9 Å². The summed E-state index contributed by atoms with van der Waals surface area (Å²) in [6.45, 7) is 0.508. The molecule has 5 aromatic rings. The third-order valence-electron chi connectivity index (χ3n) is 4.76. The fourth-order valence-corrected chi connectivity index (χ4v) is 3.46. The summed E-state index contributed by atoms with van der Waals surface area (Å²) in [5.41, 5.74) is 4.06. The van der Waals surface area contributed by atoms with E-state index >= 15 is 0 Å². The lowest BCUT2D eigenvalue weighted by Gasteiger charge is -2.09. The Balaban J connectivity index is 1.35. The Morgan fingerprint density at radius 3 is 2.42 bits per heavy atom. The fourth-order valence-electron chi connectivity index (χ4n) is 3.19. The first-order valence-corrected chi connectivity index (χ1v) is 10.5. The molecular formula is C24H17BrN4O2. The van der Waals surface area contributed by atoms with Gasteiger partial charge < -0.3 is 14.6 Å². The van der Waals surface area contributed by atoms with Gasteiger partial charge in [-0.3, -0.25) is 0 Å². The standard InChI is InChI=1S/C24H17BrN4O2/c25-18-8-6-16(7-9-18)14-30-20-12-10-19(11-13-20)28-23-21-22(17-4-2-1-3-5-17)29-31-24(21)27-15-26-23/h1-13,15H,14H2,(H,26,27,28). The van der Waals surface area contributed by atoms with Crippen LogP contribution in [0.2, 0.25) is 0 Å². The summed E-state index contributed by atoms with van der Waals surface area (Å²) in [4.78, 5) is 8.61. The van der Waals surface area contributed by atoms with Crippen LogP contribution >= 0.6 is 15.9 Å². The molecule has 7 heteroatoms. The van der Waals surface area contributed by atoms with Crippen LogP contribution in [0.15, 0.2) is 94.2 Å². The summed E-state index contributed by atoms with van der Waals surface area (Å²) >= 11 is 3.44. The predicted octanol–water partition coefficient (Wildman–Crippen LogP) is 6.37. The van der Waals surface area contributed by atoms with Gasteiger partial charge in [0.25, 0.3) is 5.71 Å². The van der Waals surface area contributed by atoms with Crippen LogP contribution in [0.4, 0.5) is 11.5 Å². The first kappa shape index (κ1) is 19.3. The molecule has 0 aliphatic rings. The van der Waals surface area contributed by atoms with Crippen molar-refractivity contribution in [2.45, 2.75) is 6.61 Å². The van der Waals surface area contributed by atoms with E-state index in [1.54, 1.807) is 0 Å². The minimum absolute atomic E-state index is 0.436. The lowest BCUT2D eigenvalue weighted by atomic mass is 10.1. The predicted molar refractivity (Wildman–Crippen MR) is 123 cm³/mol. The molecule has 0 atom stereocenters. The summed E-state index contributed by atoms with van der Waals surface area (Å²) in [6.07, 6.45) is 1.46. The highest BCUT2D eigenvalue weighted by atomic mass is 79.9. The van der Waals surface area contributed by atoms with E-state index in [0.29, 0.717) is 23.8 Å². The number of aromatic nitrogens is 3. The monoisotopic (exact) mass is 472 g/mol. The number of halogens is 1. The van der Waals surface area contributed by atoms with Gasteiger partial charge in [0.1, 0.15) is 35.6 Å². The number of hydrogen-bond donors (Lipinski definition) is 1. The van der Waals surface area contributed by atoms with Crippen LogP contribution in [0.5, 0.6) is 5.75 Å². The summed E-state index contributed by atoms with van der Waals surface area (Å²) in [5.74, 6) is 1.42. The van der Waals surface area contributed by atoms with Gasteiger partial charge in [0.05, 0.1) is 0 Å². The topological polar surface area (TPSA) is 73.1 Å². The van der Waals surface area contributed by atoms with E-state index in [-0.39, 0.29) is 0 Å². The molecule has 0 aliphatic heterocycles. The van der Waals surface area contributed by atoms with Crippen LogP contribution in [0.1, 0.15) is 5.56 Å². The lowest BCUT2D eigenvalue weighted by molar-refractivity contribution is 0.306. The van der Waals surface area contributed by atoms with Gasteiger partial charge in [-0.05, 0) is 42.0 Å². The van der Waals surface area contributed by atoms with Crippen LogP contribution in [0, 0.1) is 0 Å². The molecule has 31 heavy (non-hydrogen) atoms. The Bertz CT molecular complexity index is 1300. The zero-order chi connectivity index (χ0) is 21.0. The zero-order valence-corrected chi connectivity index (χ0v) is 17.9. The van der Waals surface area contributed by atoms with Crippen LogP contribution in [0.25, 0.3) is 22.4 Å². The largest absolute Gasteiger partial charge is 0.489 e. The fraction of sp³-hybridized carbons (Fsp3) is 0.0417. The molecule has 0 bridgehead atoms. The molecule has 5 rings (SSSR count). The Kier molecular flexibility index (Phi) is 5.33. The number of rotatable bonds is 6.